The Bertz CT molecular complexity index is 290. The quantitative estimate of drug-likeness (QED) is 0.765. The van der Waals surface area contributed by atoms with Gasteiger partial charge >= 0.3 is 0 Å². The van der Waals surface area contributed by atoms with Crippen molar-refractivity contribution in [2.75, 3.05) is 33.7 Å². The van der Waals surface area contributed by atoms with Crippen molar-refractivity contribution in [1.29, 1.82) is 0 Å². The van der Waals surface area contributed by atoms with Crippen molar-refractivity contribution in [3.05, 3.63) is 0 Å². The maximum absolute atomic E-state index is 12.0. The molecule has 0 radical (unpaired) electrons. The Hall–Kier alpha value is -0.410. The van der Waals surface area contributed by atoms with Gasteiger partial charge in [-0.05, 0) is 52.2 Å². The molecular weight excluding hydrogens is 224 g/mol. The van der Waals surface area contributed by atoms with E-state index < -0.39 is 0 Å². The molecule has 1 heterocycles. The highest BCUT2D eigenvalue weighted by atomic mass is 16.1. The first kappa shape index (κ1) is 14.0. The Balaban J connectivity index is 1.89. The van der Waals surface area contributed by atoms with Crippen molar-refractivity contribution in [3.63, 3.8) is 0 Å². The van der Waals surface area contributed by atoms with E-state index in [4.69, 9.17) is 0 Å². The molecule has 0 bridgehead atoms. The monoisotopic (exact) mass is 252 g/mol. The van der Waals surface area contributed by atoms with Crippen molar-refractivity contribution in [1.82, 2.24) is 9.80 Å². The Labute approximate surface area is 112 Å². The molecule has 3 nitrogen and oxygen atoms in total. The highest BCUT2D eigenvalue weighted by Gasteiger charge is 2.32. The topological polar surface area (TPSA) is 23.6 Å². The predicted octanol–water partition coefficient (Wildman–Crippen LogP) is 2.02. The molecule has 2 aliphatic rings. The standard InChI is InChI=1S/C15H28N2O/c1-12-6-7-15(18)13(9-12)10-17-8-4-5-14(17)11-16(2)3/h12-14H,4-11H2,1-3H3. The van der Waals surface area contributed by atoms with Gasteiger partial charge in [-0.25, -0.2) is 0 Å². The molecule has 1 aliphatic carbocycles. The lowest BCUT2D eigenvalue weighted by Gasteiger charge is -2.33. The van der Waals surface area contributed by atoms with Crippen LogP contribution >= 0.6 is 0 Å². The molecule has 3 heteroatoms. The number of Topliss-reactive ketones (excluding diaryl/α,β-unsaturated/α-hetero) is 1. The zero-order valence-corrected chi connectivity index (χ0v) is 12.2. The van der Waals surface area contributed by atoms with Crippen LogP contribution in [-0.4, -0.2) is 55.4 Å². The first-order valence-electron chi connectivity index (χ1n) is 7.47. The number of likely N-dealkylation sites (N-methyl/N-ethyl adjacent to an activating group) is 1. The predicted molar refractivity (Wildman–Crippen MR) is 74.7 cm³/mol. The summed E-state index contributed by atoms with van der Waals surface area (Å²) in [4.78, 5) is 16.9. The van der Waals surface area contributed by atoms with E-state index in [1.54, 1.807) is 0 Å². The summed E-state index contributed by atoms with van der Waals surface area (Å²) in [6.45, 7) is 5.63. The number of nitrogens with zero attached hydrogens (tertiary/aromatic N) is 2. The highest BCUT2D eigenvalue weighted by molar-refractivity contribution is 5.81. The summed E-state index contributed by atoms with van der Waals surface area (Å²) in [5, 5.41) is 0. The lowest BCUT2D eigenvalue weighted by molar-refractivity contribution is -0.126. The number of ketones is 1. The third-order valence-corrected chi connectivity index (χ3v) is 4.56. The average Bonchev–Trinajstić information content (AvgIpc) is 2.70. The van der Waals surface area contributed by atoms with Gasteiger partial charge in [-0.15, -0.1) is 0 Å². The largest absolute Gasteiger partial charge is 0.308 e. The second-order valence-electron chi connectivity index (χ2n) is 6.60. The zero-order valence-electron chi connectivity index (χ0n) is 12.2. The lowest BCUT2D eigenvalue weighted by atomic mass is 9.81. The number of likely N-dealkylation sites (tertiary alicyclic amines) is 1. The van der Waals surface area contributed by atoms with Gasteiger partial charge in [0.05, 0.1) is 0 Å². The summed E-state index contributed by atoms with van der Waals surface area (Å²) in [5.41, 5.74) is 0. The van der Waals surface area contributed by atoms with Crippen LogP contribution in [0.5, 0.6) is 0 Å². The van der Waals surface area contributed by atoms with Crippen molar-refractivity contribution in [3.8, 4) is 0 Å². The van der Waals surface area contributed by atoms with E-state index in [1.807, 2.05) is 0 Å². The summed E-state index contributed by atoms with van der Waals surface area (Å²) in [5.74, 6) is 1.57. The van der Waals surface area contributed by atoms with Gasteiger partial charge in [-0.3, -0.25) is 9.69 Å². The average molecular weight is 252 g/mol. The number of carbonyl (C=O) groups excluding carboxylic acids is 1. The SMILES string of the molecule is CC1CCC(=O)C(CN2CCCC2CN(C)C)C1. The van der Waals surface area contributed by atoms with Crippen LogP contribution in [0.4, 0.5) is 0 Å². The summed E-state index contributed by atoms with van der Waals surface area (Å²) >= 11 is 0. The summed E-state index contributed by atoms with van der Waals surface area (Å²) in [7, 11) is 4.29. The molecule has 1 saturated heterocycles. The van der Waals surface area contributed by atoms with Gasteiger partial charge in [-0.1, -0.05) is 6.92 Å². The minimum absolute atomic E-state index is 0.316. The van der Waals surface area contributed by atoms with E-state index in [0.29, 0.717) is 17.7 Å². The van der Waals surface area contributed by atoms with Crippen LogP contribution in [0, 0.1) is 11.8 Å². The number of rotatable bonds is 4. The van der Waals surface area contributed by atoms with Crippen LogP contribution in [0.1, 0.15) is 39.0 Å². The van der Waals surface area contributed by atoms with Crippen LogP contribution in [0.3, 0.4) is 0 Å². The van der Waals surface area contributed by atoms with E-state index in [-0.39, 0.29) is 0 Å². The van der Waals surface area contributed by atoms with E-state index in [0.717, 1.165) is 38.3 Å². The normalized spacial score (nSPS) is 34.4. The fourth-order valence-corrected chi connectivity index (χ4v) is 3.55. The van der Waals surface area contributed by atoms with E-state index in [1.165, 1.54) is 19.4 Å². The minimum atomic E-state index is 0.316. The molecule has 3 unspecified atom stereocenters. The van der Waals surface area contributed by atoms with Crippen molar-refractivity contribution in [2.45, 2.75) is 45.1 Å². The van der Waals surface area contributed by atoms with Crippen molar-refractivity contribution in [2.24, 2.45) is 11.8 Å². The Morgan fingerprint density at radius 1 is 1.33 bits per heavy atom. The Morgan fingerprint density at radius 2 is 2.11 bits per heavy atom. The maximum atomic E-state index is 12.0. The Kier molecular flexibility index (Phi) is 4.79. The number of carbonyl (C=O) groups is 1. The second kappa shape index (κ2) is 6.16. The number of hydrogen-bond acceptors (Lipinski definition) is 3. The van der Waals surface area contributed by atoms with Gasteiger partial charge in [0.15, 0.2) is 0 Å². The molecule has 1 saturated carbocycles. The van der Waals surface area contributed by atoms with Crippen LogP contribution in [0.2, 0.25) is 0 Å². The van der Waals surface area contributed by atoms with Gasteiger partial charge in [0.25, 0.3) is 0 Å². The highest BCUT2D eigenvalue weighted by Crippen LogP contribution is 2.29. The molecule has 0 N–H and O–H groups in total. The molecule has 3 atom stereocenters. The maximum Gasteiger partial charge on any atom is 0.137 e. The molecule has 104 valence electrons. The van der Waals surface area contributed by atoms with Gasteiger partial charge in [0.2, 0.25) is 0 Å². The fraction of sp³-hybridized carbons (Fsp3) is 0.933. The van der Waals surface area contributed by atoms with Gasteiger partial charge in [-0.2, -0.15) is 0 Å². The molecule has 1 aliphatic heterocycles. The first-order valence-corrected chi connectivity index (χ1v) is 7.47. The summed E-state index contributed by atoms with van der Waals surface area (Å²) in [6, 6.07) is 0.671. The minimum Gasteiger partial charge on any atom is -0.308 e. The molecule has 0 aromatic carbocycles. The molecule has 2 rings (SSSR count). The van der Waals surface area contributed by atoms with Crippen molar-refractivity contribution < 1.29 is 4.79 Å². The summed E-state index contributed by atoms with van der Waals surface area (Å²) < 4.78 is 0. The smallest absolute Gasteiger partial charge is 0.137 e. The molecule has 2 fully saturated rings. The third kappa shape index (κ3) is 3.55. The second-order valence-corrected chi connectivity index (χ2v) is 6.60. The molecular formula is C15H28N2O. The van der Waals surface area contributed by atoms with Gasteiger partial charge < -0.3 is 4.90 Å². The zero-order chi connectivity index (χ0) is 13.1. The molecule has 18 heavy (non-hydrogen) atoms. The lowest BCUT2D eigenvalue weighted by Crippen LogP contribution is -2.42. The molecule has 0 aromatic rings. The first-order chi connectivity index (χ1) is 8.56. The van der Waals surface area contributed by atoms with E-state index in [9.17, 15) is 4.79 Å². The van der Waals surface area contributed by atoms with Crippen LogP contribution in [0.25, 0.3) is 0 Å². The Morgan fingerprint density at radius 3 is 2.83 bits per heavy atom. The fourth-order valence-electron chi connectivity index (χ4n) is 3.55. The van der Waals surface area contributed by atoms with Crippen LogP contribution < -0.4 is 0 Å². The summed E-state index contributed by atoms with van der Waals surface area (Å²) in [6.07, 6.45) is 5.64. The van der Waals surface area contributed by atoms with Crippen molar-refractivity contribution >= 4 is 5.78 Å². The molecule has 0 amide bonds. The number of hydrogen-bond donors (Lipinski definition) is 0. The van der Waals surface area contributed by atoms with E-state index in [2.05, 4.69) is 30.8 Å². The van der Waals surface area contributed by atoms with Gasteiger partial charge in [0, 0.05) is 31.5 Å². The van der Waals surface area contributed by atoms with E-state index >= 15 is 0 Å². The third-order valence-electron chi connectivity index (χ3n) is 4.56. The van der Waals surface area contributed by atoms with Gasteiger partial charge in [0.1, 0.15) is 5.78 Å². The molecule has 0 aromatic heterocycles. The molecule has 0 spiro atoms. The van der Waals surface area contributed by atoms with Crippen LogP contribution in [-0.2, 0) is 4.79 Å². The van der Waals surface area contributed by atoms with Crippen LogP contribution in [0.15, 0.2) is 0 Å².